The first kappa shape index (κ1) is 11.3. The van der Waals surface area contributed by atoms with Crippen molar-refractivity contribution in [3.63, 3.8) is 0 Å². The van der Waals surface area contributed by atoms with Crippen molar-refractivity contribution >= 4 is 0 Å². The molecule has 0 saturated heterocycles. The van der Waals surface area contributed by atoms with E-state index in [2.05, 4.69) is 0 Å². The minimum atomic E-state index is -0.670. The number of aliphatic hydroxyl groups is 1. The molecule has 1 aliphatic rings. The van der Waals surface area contributed by atoms with Crippen molar-refractivity contribution < 1.29 is 14.6 Å². The Hall–Kier alpha value is -1.16. The maximum absolute atomic E-state index is 9.59. The standard InChI is InChI=1S/C13H16O3/c1-15-12-8-5-9-13(10-14,16-12)11-6-3-2-4-7-11/h2-8,12,14H,9-10H2,1H3/t12-,13-/m0/s1. The fourth-order valence-electron chi connectivity index (χ4n) is 1.93. The van der Waals surface area contributed by atoms with Gasteiger partial charge in [0.15, 0.2) is 6.29 Å². The second-order valence-electron chi connectivity index (χ2n) is 3.87. The molecule has 3 heteroatoms. The van der Waals surface area contributed by atoms with Crippen LogP contribution in [0.2, 0.25) is 0 Å². The molecule has 1 N–H and O–H groups in total. The lowest BCUT2D eigenvalue weighted by Gasteiger charge is -2.36. The van der Waals surface area contributed by atoms with E-state index in [1.54, 1.807) is 7.11 Å². The van der Waals surface area contributed by atoms with Gasteiger partial charge in [-0.15, -0.1) is 0 Å². The molecule has 0 saturated carbocycles. The van der Waals surface area contributed by atoms with E-state index in [1.807, 2.05) is 42.5 Å². The first-order valence-electron chi connectivity index (χ1n) is 5.34. The minimum Gasteiger partial charge on any atom is -0.393 e. The summed E-state index contributed by atoms with van der Waals surface area (Å²) in [5, 5.41) is 9.59. The molecule has 1 heterocycles. The minimum absolute atomic E-state index is 0.0544. The summed E-state index contributed by atoms with van der Waals surface area (Å²) in [6, 6.07) is 9.75. The maximum atomic E-state index is 9.59. The first-order chi connectivity index (χ1) is 7.80. The number of methoxy groups -OCH3 is 1. The van der Waals surface area contributed by atoms with E-state index in [0.717, 1.165) is 5.56 Å². The summed E-state index contributed by atoms with van der Waals surface area (Å²) in [6.07, 6.45) is 4.12. The van der Waals surface area contributed by atoms with E-state index < -0.39 is 5.60 Å². The second-order valence-corrected chi connectivity index (χ2v) is 3.87. The molecular formula is C13H16O3. The molecule has 2 rings (SSSR count). The number of hydrogen-bond donors (Lipinski definition) is 1. The van der Waals surface area contributed by atoms with E-state index in [-0.39, 0.29) is 12.9 Å². The normalized spacial score (nSPS) is 29.2. The SMILES string of the molecule is CO[C@@H]1C=CC[C@](CO)(c2ccccc2)O1. The highest BCUT2D eigenvalue weighted by atomic mass is 16.7. The molecule has 0 amide bonds. The van der Waals surface area contributed by atoms with Crippen LogP contribution in [0.15, 0.2) is 42.5 Å². The molecule has 0 aromatic heterocycles. The average molecular weight is 220 g/mol. The predicted molar refractivity (Wildman–Crippen MR) is 60.8 cm³/mol. The molecule has 2 atom stereocenters. The Labute approximate surface area is 95.3 Å². The highest BCUT2D eigenvalue weighted by Gasteiger charge is 2.36. The van der Waals surface area contributed by atoms with Crippen molar-refractivity contribution in [1.29, 1.82) is 0 Å². The molecule has 1 aromatic rings. The highest BCUT2D eigenvalue weighted by Crippen LogP contribution is 2.34. The molecule has 0 unspecified atom stereocenters. The van der Waals surface area contributed by atoms with Gasteiger partial charge in [-0.25, -0.2) is 0 Å². The van der Waals surface area contributed by atoms with Gasteiger partial charge >= 0.3 is 0 Å². The van der Waals surface area contributed by atoms with Crippen molar-refractivity contribution in [3.05, 3.63) is 48.0 Å². The molecule has 16 heavy (non-hydrogen) atoms. The van der Waals surface area contributed by atoms with Gasteiger partial charge in [-0.2, -0.15) is 0 Å². The summed E-state index contributed by atoms with van der Waals surface area (Å²) in [5.41, 5.74) is 0.306. The summed E-state index contributed by atoms with van der Waals surface area (Å²) >= 11 is 0. The third-order valence-corrected chi connectivity index (χ3v) is 2.87. The van der Waals surface area contributed by atoms with Crippen molar-refractivity contribution in [3.8, 4) is 0 Å². The number of hydrogen-bond acceptors (Lipinski definition) is 3. The van der Waals surface area contributed by atoms with Crippen LogP contribution < -0.4 is 0 Å². The molecule has 3 nitrogen and oxygen atoms in total. The molecule has 0 fully saturated rings. The largest absolute Gasteiger partial charge is 0.393 e. The van der Waals surface area contributed by atoms with Gasteiger partial charge in [-0.1, -0.05) is 36.4 Å². The van der Waals surface area contributed by atoms with E-state index in [4.69, 9.17) is 9.47 Å². The van der Waals surface area contributed by atoms with Crippen LogP contribution in [0.3, 0.4) is 0 Å². The van der Waals surface area contributed by atoms with E-state index in [1.165, 1.54) is 0 Å². The number of rotatable bonds is 3. The topological polar surface area (TPSA) is 38.7 Å². The summed E-state index contributed by atoms with van der Waals surface area (Å²) in [5.74, 6) is 0. The fourth-order valence-corrected chi connectivity index (χ4v) is 1.93. The Morgan fingerprint density at radius 1 is 1.44 bits per heavy atom. The Bertz CT molecular complexity index is 361. The number of aliphatic hydroxyl groups excluding tert-OH is 1. The van der Waals surface area contributed by atoms with Crippen LogP contribution in [-0.4, -0.2) is 25.1 Å². The molecule has 0 bridgehead atoms. The van der Waals surface area contributed by atoms with Gasteiger partial charge in [-0.05, 0) is 11.6 Å². The van der Waals surface area contributed by atoms with E-state index in [9.17, 15) is 5.11 Å². The van der Waals surface area contributed by atoms with Crippen molar-refractivity contribution in [1.82, 2.24) is 0 Å². The van der Waals surface area contributed by atoms with Gasteiger partial charge in [0.2, 0.25) is 0 Å². The fraction of sp³-hybridized carbons (Fsp3) is 0.385. The van der Waals surface area contributed by atoms with Crippen LogP contribution in [0.5, 0.6) is 0 Å². The van der Waals surface area contributed by atoms with Crippen LogP contribution >= 0.6 is 0 Å². The zero-order valence-electron chi connectivity index (χ0n) is 9.30. The monoisotopic (exact) mass is 220 g/mol. The lowest BCUT2D eigenvalue weighted by Crippen LogP contribution is -2.39. The number of benzene rings is 1. The molecule has 1 aliphatic heterocycles. The molecule has 86 valence electrons. The summed E-state index contributed by atoms with van der Waals surface area (Å²) < 4.78 is 10.9. The van der Waals surface area contributed by atoms with Gasteiger partial charge < -0.3 is 14.6 Å². The summed E-state index contributed by atoms with van der Waals surface area (Å²) in [4.78, 5) is 0. The quantitative estimate of drug-likeness (QED) is 0.790. The highest BCUT2D eigenvalue weighted by molar-refractivity contribution is 5.25. The van der Waals surface area contributed by atoms with Gasteiger partial charge in [0.25, 0.3) is 0 Å². The van der Waals surface area contributed by atoms with Gasteiger partial charge in [-0.3, -0.25) is 0 Å². The molecule has 0 radical (unpaired) electrons. The predicted octanol–water partition coefficient (Wildman–Crippen LogP) is 1.82. The Morgan fingerprint density at radius 2 is 2.19 bits per heavy atom. The zero-order valence-corrected chi connectivity index (χ0v) is 9.30. The van der Waals surface area contributed by atoms with Crippen LogP contribution in [0.25, 0.3) is 0 Å². The van der Waals surface area contributed by atoms with Gasteiger partial charge in [0.1, 0.15) is 5.60 Å². The third kappa shape index (κ3) is 2.02. The third-order valence-electron chi connectivity index (χ3n) is 2.87. The Balaban J connectivity index is 2.30. The molecular weight excluding hydrogens is 204 g/mol. The number of ether oxygens (including phenoxy) is 2. The van der Waals surface area contributed by atoms with Crippen LogP contribution in [0.4, 0.5) is 0 Å². The summed E-state index contributed by atoms with van der Waals surface area (Å²) in [7, 11) is 1.59. The lowest BCUT2D eigenvalue weighted by atomic mass is 9.89. The van der Waals surface area contributed by atoms with Crippen LogP contribution in [0, 0.1) is 0 Å². The Morgan fingerprint density at radius 3 is 2.81 bits per heavy atom. The second kappa shape index (κ2) is 4.78. The first-order valence-corrected chi connectivity index (χ1v) is 5.34. The molecule has 0 aliphatic carbocycles. The van der Waals surface area contributed by atoms with Crippen LogP contribution in [0.1, 0.15) is 12.0 Å². The summed E-state index contributed by atoms with van der Waals surface area (Å²) in [6.45, 7) is -0.0544. The maximum Gasteiger partial charge on any atom is 0.177 e. The van der Waals surface area contributed by atoms with Crippen molar-refractivity contribution in [2.75, 3.05) is 13.7 Å². The van der Waals surface area contributed by atoms with Crippen molar-refractivity contribution in [2.24, 2.45) is 0 Å². The van der Waals surface area contributed by atoms with Crippen LogP contribution in [-0.2, 0) is 15.1 Å². The lowest BCUT2D eigenvalue weighted by molar-refractivity contribution is -0.200. The smallest absolute Gasteiger partial charge is 0.177 e. The van der Waals surface area contributed by atoms with Gasteiger partial charge in [0.05, 0.1) is 6.61 Å². The van der Waals surface area contributed by atoms with E-state index >= 15 is 0 Å². The molecule has 0 spiro atoms. The Kier molecular flexibility index (Phi) is 3.39. The van der Waals surface area contributed by atoms with Gasteiger partial charge in [0, 0.05) is 13.5 Å². The van der Waals surface area contributed by atoms with E-state index in [0.29, 0.717) is 6.42 Å². The average Bonchev–Trinajstić information content (AvgIpc) is 2.39. The van der Waals surface area contributed by atoms with Crippen molar-refractivity contribution in [2.45, 2.75) is 18.3 Å². The molecule has 1 aromatic carbocycles. The zero-order chi connectivity index (χ0) is 11.4.